The van der Waals surface area contributed by atoms with Gasteiger partial charge in [-0.25, -0.2) is 9.38 Å². The zero-order chi connectivity index (χ0) is 13.5. The maximum atomic E-state index is 13.0. The van der Waals surface area contributed by atoms with E-state index in [0.29, 0.717) is 0 Å². The third kappa shape index (κ3) is 2.26. The summed E-state index contributed by atoms with van der Waals surface area (Å²) in [6, 6.07) is 18.5. The van der Waals surface area contributed by atoms with Crippen molar-refractivity contribution in [2.75, 3.05) is 5.32 Å². The van der Waals surface area contributed by atoms with Crippen molar-refractivity contribution in [2.24, 2.45) is 4.99 Å². The Bertz CT molecular complexity index is 836. The Morgan fingerprint density at radius 2 is 1.57 bits per heavy atom. The van der Waals surface area contributed by atoms with E-state index >= 15 is 0 Å². The van der Waals surface area contributed by atoms with E-state index in [1.54, 1.807) is 12.1 Å². The lowest BCUT2D eigenvalue weighted by molar-refractivity contribution is 0.628. The average molecular weight is 299 g/mol. The molecule has 0 bridgehead atoms. The summed E-state index contributed by atoms with van der Waals surface area (Å²) in [4.78, 5) is 4.65. The first-order valence-electron chi connectivity index (χ1n) is 6.45. The van der Waals surface area contributed by atoms with Crippen LogP contribution in [0.2, 0.25) is 0 Å². The molecule has 2 nitrogen and oxygen atoms in total. The lowest BCUT2D eigenvalue weighted by Crippen LogP contribution is -2.16. The number of benzene rings is 3. The summed E-state index contributed by atoms with van der Waals surface area (Å²) in [7, 11) is 0. The molecule has 0 aromatic heterocycles. The summed E-state index contributed by atoms with van der Waals surface area (Å²) in [5.74, 6) is 0.504. The zero-order valence-corrected chi connectivity index (χ0v) is 11.8. The van der Waals surface area contributed by atoms with Gasteiger partial charge in [0.15, 0.2) is 0 Å². The molecule has 4 rings (SSSR count). The zero-order valence-electron chi connectivity index (χ0n) is 11.0. The molecule has 0 saturated carbocycles. The van der Waals surface area contributed by atoms with Gasteiger partial charge in [0.1, 0.15) is 11.7 Å². The fourth-order valence-electron chi connectivity index (χ4n) is 2.54. The summed E-state index contributed by atoms with van der Waals surface area (Å²) in [6.07, 6.45) is 0. The Labute approximate surface area is 127 Å². The highest BCUT2D eigenvalue weighted by molar-refractivity contribution is 6.18. The fourth-order valence-corrected chi connectivity index (χ4v) is 2.54. The van der Waals surface area contributed by atoms with Crippen LogP contribution in [-0.2, 0) is 0 Å². The molecule has 0 spiro atoms. The third-order valence-electron chi connectivity index (χ3n) is 3.49. The number of nitrogens with zero attached hydrogens (tertiary/aromatic N) is 1. The van der Waals surface area contributed by atoms with Crippen molar-refractivity contribution in [2.45, 2.75) is 0 Å². The van der Waals surface area contributed by atoms with Gasteiger partial charge < -0.3 is 5.32 Å². The normalized spacial score (nSPS) is 12.3. The molecule has 0 unspecified atom stereocenters. The molecule has 1 heterocycles. The second-order valence-corrected chi connectivity index (χ2v) is 4.77. The van der Waals surface area contributed by atoms with E-state index < -0.39 is 0 Å². The van der Waals surface area contributed by atoms with Crippen molar-refractivity contribution >= 4 is 40.4 Å². The van der Waals surface area contributed by atoms with Crippen LogP contribution in [0.5, 0.6) is 0 Å². The largest absolute Gasteiger partial charge is 0.339 e. The van der Waals surface area contributed by atoms with Gasteiger partial charge in [0.05, 0.1) is 5.69 Å². The van der Waals surface area contributed by atoms with Crippen molar-refractivity contribution in [3.63, 3.8) is 0 Å². The molecule has 1 N–H and O–H groups in total. The molecule has 3 aromatic carbocycles. The average Bonchev–Trinajstić information content (AvgIpc) is 2.48. The van der Waals surface area contributed by atoms with Crippen LogP contribution in [0.25, 0.3) is 10.8 Å². The van der Waals surface area contributed by atoms with Gasteiger partial charge in [0.25, 0.3) is 0 Å². The van der Waals surface area contributed by atoms with Crippen molar-refractivity contribution < 1.29 is 4.39 Å². The molecule has 1 aliphatic rings. The van der Waals surface area contributed by atoms with Gasteiger partial charge in [-0.1, -0.05) is 24.3 Å². The minimum absolute atomic E-state index is 0. The molecular weight excluding hydrogens is 287 g/mol. The third-order valence-corrected chi connectivity index (χ3v) is 3.49. The number of nitrogens with one attached hydrogen (secondary N) is 1. The number of halogens is 2. The summed E-state index contributed by atoms with van der Waals surface area (Å²) in [6.45, 7) is 0. The van der Waals surface area contributed by atoms with Gasteiger partial charge in [0, 0.05) is 16.6 Å². The van der Waals surface area contributed by atoms with E-state index in [9.17, 15) is 4.39 Å². The van der Waals surface area contributed by atoms with Gasteiger partial charge in [-0.15, -0.1) is 12.4 Å². The second kappa shape index (κ2) is 5.19. The van der Waals surface area contributed by atoms with Crippen molar-refractivity contribution in [3.8, 4) is 0 Å². The SMILES string of the molecule is Cl.Fc1ccc(C2=Nc3cccc4cccc(c34)N2)cc1. The number of hydrogen-bond donors (Lipinski definition) is 1. The van der Waals surface area contributed by atoms with E-state index in [2.05, 4.69) is 22.4 Å². The van der Waals surface area contributed by atoms with Gasteiger partial charge in [-0.05, 0) is 41.8 Å². The Morgan fingerprint density at radius 3 is 2.33 bits per heavy atom. The number of rotatable bonds is 1. The van der Waals surface area contributed by atoms with Gasteiger partial charge in [0.2, 0.25) is 0 Å². The molecule has 0 atom stereocenters. The molecule has 104 valence electrons. The highest BCUT2D eigenvalue weighted by Gasteiger charge is 2.15. The topological polar surface area (TPSA) is 24.4 Å². The highest BCUT2D eigenvalue weighted by atomic mass is 35.5. The van der Waals surface area contributed by atoms with Crippen molar-refractivity contribution in [3.05, 3.63) is 72.0 Å². The molecule has 0 aliphatic carbocycles. The Balaban J connectivity index is 0.00000132. The predicted molar refractivity (Wildman–Crippen MR) is 87.4 cm³/mol. The molecule has 21 heavy (non-hydrogen) atoms. The van der Waals surface area contributed by atoms with Crippen LogP contribution in [-0.4, -0.2) is 5.84 Å². The molecule has 0 amide bonds. The van der Waals surface area contributed by atoms with Crippen molar-refractivity contribution in [1.82, 2.24) is 0 Å². The number of amidine groups is 1. The van der Waals surface area contributed by atoms with Crippen LogP contribution in [0.15, 0.2) is 65.7 Å². The number of anilines is 1. The highest BCUT2D eigenvalue weighted by Crippen LogP contribution is 2.36. The van der Waals surface area contributed by atoms with E-state index in [0.717, 1.165) is 33.5 Å². The standard InChI is InChI=1S/C17H11FN2.ClH/c18-13-9-7-12(8-10-13)17-19-14-5-1-3-11-4-2-6-15(20-17)16(11)14;/h1-10H,(H,19,20);1H. The Kier molecular flexibility index (Phi) is 3.35. The van der Waals surface area contributed by atoms with Crippen LogP contribution < -0.4 is 5.32 Å². The first kappa shape index (κ1) is 13.6. The van der Waals surface area contributed by atoms with Crippen LogP contribution >= 0.6 is 12.4 Å². The fraction of sp³-hybridized carbons (Fsp3) is 0. The molecule has 0 radical (unpaired) electrons. The summed E-state index contributed by atoms with van der Waals surface area (Å²) in [5.41, 5.74) is 2.85. The molecule has 4 heteroatoms. The van der Waals surface area contributed by atoms with Crippen LogP contribution in [0.3, 0.4) is 0 Å². The summed E-state index contributed by atoms with van der Waals surface area (Å²) >= 11 is 0. The van der Waals surface area contributed by atoms with Gasteiger partial charge >= 0.3 is 0 Å². The van der Waals surface area contributed by atoms with E-state index in [4.69, 9.17) is 0 Å². The molecule has 3 aromatic rings. The predicted octanol–water partition coefficient (Wildman–Crippen LogP) is 4.90. The van der Waals surface area contributed by atoms with Gasteiger partial charge in [-0.2, -0.15) is 0 Å². The monoisotopic (exact) mass is 298 g/mol. The number of aliphatic imine (C=N–C) groups is 1. The van der Waals surface area contributed by atoms with E-state index in [1.807, 2.05) is 24.3 Å². The minimum Gasteiger partial charge on any atom is -0.339 e. The molecular formula is C17H12ClFN2. The van der Waals surface area contributed by atoms with Crippen LogP contribution in [0.4, 0.5) is 15.8 Å². The van der Waals surface area contributed by atoms with Crippen LogP contribution in [0, 0.1) is 5.82 Å². The maximum Gasteiger partial charge on any atom is 0.138 e. The smallest absolute Gasteiger partial charge is 0.138 e. The van der Waals surface area contributed by atoms with Crippen LogP contribution in [0.1, 0.15) is 5.56 Å². The number of hydrogen-bond acceptors (Lipinski definition) is 2. The molecule has 0 fully saturated rings. The first-order chi connectivity index (χ1) is 9.81. The quantitative estimate of drug-likeness (QED) is 0.678. The maximum absolute atomic E-state index is 13.0. The minimum atomic E-state index is -0.243. The first-order valence-corrected chi connectivity index (χ1v) is 6.45. The Morgan fingerprint density at radius 1 is 0.857 bits per heavy atom. The Hall–Kier alpha value is -2.39. The van der Waals surface area contributed by atoms with E-state index in [-0.39, 0.29) is 18.2 Å². The van der Waals surface area contributed by atoms with E-state index in [1.165, 1.54) is 12.1 Å². The summed E-state index contributed by atoms with van der Waals surface area (Å²) in [5, 5.41) is 5.61. The molecule has 1 aliphatic heterocycles. The second-order valence-electron chi connectivity index (χ2n) is 4.77. The summed E-state index contributed by atoms with van der Waals surface area (Å²) < 4.78 is 13.0. The van der Waals surface area contributed by atoms with Gasteiger partial charge in [-0.3, -0.25) is 0 Å². The van der Waals surface area contributed by atoms with Crippen molar-refractivity contribution in [1.29, 1.82) is 0 Å². The lowest BCUT2D eigenvalue weighted by Gasteiger charge is -2.19. The molecule has 0 saturated heterocycles. The lowest BCUT2D eigenvalue weighted by atomic mass is 10.0.